The van der Waals surface area contributed by atoms with Crippen molar-refractivity contribution in [2.45, 2.75) is 13.1 Å². The fourth-order valence-corrected chi connectivity index (χ4v) is 3.75. The molecule has 1 N–H and O–H groups in total. The predicted octanol–water partition coefficient (Wildman–Crippen LogP) is 5.02. The fourth-order valence-electron chi connectivity index (χ4n) is 3.75. The van der Waals surface area contributed by atoms with Crippen LogP contribution in [0, 0.1) is 0 Å². The molecule has 0 aromatic heterocycles. The van der Waals surface area contributed by atoms with Gasteiger partial charge in [0.15, 0.2) is 6.61 Å². The van der Waals surface area contributed by atoms with Gasteiger partial charge < -0.3 is 10.1 Å². The van der Waals surface area contributed by atoms with E-state index in [0.717, 1.165) is 21.9 Å². The van der Waals surface area contributed by atoms with Gasteiger partial charge in [-0.3, -0.25) is 14.5 Å². The summed E-state index contributed by atoms with van der Waals surface area (Å²) in [6.07, 6.45) is 0. The lowest BCUT2D eigenvalue weighted by molar-refractivity contribution is -0.148. The largest absolute Gasteiger partial charge is 0.455 e. The SMILES string of the molecule is O=C(COC(=O)CN(Cc1ccccc1)Cc1ccccc1)Nc1cccc2ccccc12. The first-order valence-corrected chi connectivity index (χ1v) is 10.9. The molecule has 0 unspecified atom stereocenters. The van der Waals surface area contributed by atoms with E-state index in [9.17, 15) is 9.59 Å². The van der Waals surface area contributed by atoms with Gasteiger partial charge in [0, 0.05) is 24.2 Å². The molecule has 0 atom stereocenters. The van der Waals surface area contributed by atoms with E-state index < -0.39 is 5.97 Å². The number of ether oxygens (including phenoxy) is 1. The third-order valence-corrected chi connectivity index (χ3v) is 5.28. The number of benzene rings is 4. The van der Waals surface area contributed by atoms with Gasteiger partial charge in [-0.05, 0) is 22.6 Å². The van der Waals surface area contributed by atoms with Crippen molar-refractivity contribution in [3.8, 4) is 0 Å². The number of hydrogen-bond acceptors (Lipinski definition) is 4. The summed E-state index contributed by atoms with van der Waals surface area (Å²) in [4.78, 5) is 27.0. The second kappa shape index (κ2) is 11.1. The number of amides is 1. The molecule has 0 bridgehead atoms. The Kier molecular flexibility index (Phi) is 7.46. The molecule has 0 aliphatic rings. The highest BCUT2D eigenvalue weighted by Crippen LogP contribution is 2.22. The van der Waals surface area contributed by atoms with Crippen molar-refractivity contribution < 1.29 is 14.3 Å². The molecule has 4 aromatic carbocycles. The summed E-state index contributed by atoms with van der Waals surface area (Å²) in [7, 11) is 0. The number of esters is 1. The van der Waals surface area contributed by atoms with Crippen molar-refractivity contribution in [3.63, 3.8) is 0 Å². The van der Waals surface area contributed by atoms with Crippen molar-refractivity contribution in [2.24, 2.45) is 0 Å². The maximum atomic E-state index is 12.6. The fraction of sp³-hybridized carbons (Fsp3) is 0.143. The Labute approximate surface area is 193 Å². The molecule has 5 heteroatoms. The predicted molar refractivity (Wildman–Crippen MR) is 131 cm³/mol. The van der Waals surface area contributed by atoms with Crippen LogP contribution in [-0.4, -0.2) is 29.9 Å². The molecule has 0 aliphatic carbocycles. The summed E-state index contributed by atoms with van der Waals surface area (Å²) in [5.74, 6) is -0.799. The first kappa shape index (κ1) is 22.2. The Morgan fingerprint density at radius 3 is 1.94 bits per heavy atom. The molecule has 4 aromatic rings. The lowest BCUT2D eigenvalue weighted by Crippen LogP contribution is -2.32. The monoisotopic (exact) mass is 438 g/mol. The van der Waals surface area contributed by atoms with Gasteiger partial charge in [0.05, 0.1) is 6.54 Å². The highest BCUT2D eigenvalue weighted by molar-refractivity contribution is 6.02. The summed E-state index contributed by atoms with van der Waals surface area (Å²) in [5, 5.41) is 4.82. The molecule has 1 amide bonds. The van der Waals surface area contributed by atoms with Gasteiger partial charge in [0.1, 0.15) is 0 Å². The molecule has 0 spiro atoms. The van der Waals surface area contributed by atoms with Crippen LogP contribution in [-0.2, 0) is 27.4 Å². The highest BCUT2D eigenvalue weighted by Gasteiger charge is 2.15. The molecular weight excluding hydrogens is 412 g/mol. The zero-order valence-electron chi connectivity index (χ0n) is 18.3. The van der Waals surface area contributed by atoms with E-state index in [1.165, 1.54) is 0 Å². The number of hydrogen-bond donors (Lipinski definition) is 1. The standard InChI is InChI=1S/C28H26N2O3/c31-27(29-26-17-9-15-24-14-7-8-16-25(24)26)21-33-28(32)20-30(18-22-10-3-1-4-11-22)19-23-12-5-2-6-13-23/h1-17H,18-21H2,(H,29,31). The minimum atomic E-state index is -0.435. The van der Waals surface area contributed by atoms with E-state index in [-0.39, 0.29) is 19.1 Å². The maximum absolute atomic E-state index is 12.6. The molecule has 166 valence electrons. The van der Waals surface area contributed by atoms with Gasteiger partial charge in [-0.25, -0.2) is 0 Å². The first-order chi connectivity index (χ1) is 16.2. The number of nitrogens with one attached hydrogen (secondary N) is 1. The van der Waals surface area contributed by atoms with Gasteiger partial charge in [-0.1, -0.05) is 97.1 Å². The van der Waals surface area contributed by atoms with E-state index in [1.54, 1.807) is 0 Å². The van der Waals surface area contributed by atoms with Crippen LogP contribution < -0.4 is 5.32 Å². The van der Waals surface area contributed by atoms with Gasteiger partial charge in [-0.15, -0.1) is 0 Å². The molecule has 0 aliphatic heterocycles. The lowest BCUT2D eigenvalue weighted by Gasteiger charge is -2.21. The minimum Gasteiger partial charge on any atom is -0.455 e. The van der Waals surface area contributed by atoms with Crippen molar-refractivity contribution >= 4 is 28.3 Å². The Balaban J connectivity index is 1.34. The molecule has 0 fully saturated rings. The summed E-state index contributed by atoms with van der Waals surface area (Å²) in [6.45, 7) is 0.970. The topological polar surface area (TPSA) is 58.6 Å². The van der Waals surface area contributed by atoms with E-state index in [4.69, 9.17) is 4.74 Å². The second-order valence-corrected chi connectivity index (χ2v) is 7.85. The average molecular weight is 439 g/mol. The van der Waals surface area contributed by atoms with Crippen LogP contribution in [0.5, 0.6) is 0 Å². The Morgan fingerprint density at radius 2 is 1.27 bits per heavy atom. The summed E-state index contributed by atoms with van der Waals surface area (Å²) < 4.78 is 5.30. The summed E-state index contributed by atoms with van der Waals surface area (Å²) in [5.41, 5.74) is 2.91. The molecule has 0 radical (unpaired) electrons. The van der Waals surface area contributed by atoms with Crippen LogP contribution in [0.2, 0.25) is 0 Å². The number of rotatable bonds is 9. The van der Waals surface area contributed by atoms with Gasteiger partial charge in [0.2, 0.25) is 0 Å². The number of carbonyl (C=O) groups excluding carboxylic acids is 2. The first-order valence-electron chi connectivity index (χ1n) is 10.9. The van der Waals surface area contributed by atoms with Gasteiger partial charge in [-0.2, -0.15) is 0 Å². The zero-order valence-corrected chi connectivity index (χ0v) is 18.3. The molecule has 0 saturated carbocycles. The Bertz CT molecular complexity index is 1160. The van der Waals surface area contributed by atoms with Gasteiger partial charge in [0.25, 0.3) is 5.91 Å². The quantitative estimate of drug-likeness (QED) is 0.373. The minimum absolute atomic E-state index is 0.0886. The Hall–Kier alpha value is -3.96. The van der Waals surface area contributed by atoms with E-state index in [2.05, 4.69) is 5.32 Å². The molecule has 0 saturated heterocycles. The summed E-state index contributed by atoms with van der Waals surface area (Å²) in [6, 6.07) is 33.5. The average Bonchev–Trinajstić information content (AvgIpc) is 2.84. The number of anilines is 1. The zero-order chi connectivity index (χ0) is 22.9. The van der Waals surface area contributed by atoms with Crippen LogP contribution in [0.15, 0.2) is 103 Å². The lowest BCUT2D eigenvalue weighted by atomic mass is 10.1. The third kappa shape index (κ3) is 6.51. The molecule has 5 nitrogen and oxygen atoms in total. The number of nitrogens with zero attached hydrogens (tertiary/aromatic N) is 1. The van der Waals surface area contributed by atoms with Crippen molar-refractivity contribution in [1.29, 1.82) is 0 Å². The smallest absolute Gasteiger partial charge is 0.320 e. The van der Waals surface area contributed by atoms with Crippen molar-refractivity contribution in [3.05, 3.63) is 114 Å². The molecule has 0 heterocycles. The van der Waals surface area contributed by atoms with Crippen molar-refractivity contribution in [2.75, 3.05) is 18.5 Å². The van der Waals surface area contributed by atoms with E-state index >= 15 is 0 Å². The van der Waals surface area contributed by atoms with Gasteiger partial charge >= 0.3 is 5.97 Å². The van der Waals surface area contributed by atoms with Crippen LogP contribution in [0.1, 0.15) is 11.1 Å². The van der Waals surface area contributed by atoms with Crippen LogP contribution >= 0.6 is 0 Å². The number of carbonyl (C=O) groups is 2. The second-order valence-electron chi connectivity index (χ2n) is 7.85. The molecular formula is C28H26N2O3. The van der Waals surface area contributed by atoms with Crippen LogP contribution in [0.4, 0.5) is 5.69 Å². The summed E-state index contributed by atoms with van der Waals surface area (Å²) >= 11 is 0. The highest BCUT2D eigenvalue weighted by atomic mass is 16.5. The van der Waals surface area contributed by atoms with E-state index in [0.29, 0.717) is 18.8 Å². The third-order valence-electron chi connectivity index (χ3n) is 5.28. The van der Waals surface area contributed by atoms with Crippen LogP contribution in [0.3, 0.4) is 0 Å². The molecule has 33 heavy (non-hydrogen) atoms. The maximum Gasteiger partial charge on any atom is 0.320 e. The molecule has 4 rings (SSSR count). The van der Waals surface area contributed by atoms with Crippen LogP contribution in [0.25, 0.3) is 10.8 Å². The Morgan fingerprint density at radius 1 is 0.697 bits per heavy atom. The van der Waals surface area contributed by atoms with E-state index in [1.807, 2.05) is 108 Å². The van der Waals surface area contributed by atoms with Crippen molar-refractivity contribution in [1.82, 2.24) is 4.90 Å². The number of fused-ring (bicyclic) bond motifs is 1. The normalized spacial score (nSPS) is 10.8.